The molecule has 0 spiro atoms. The van der Waals surface area contributed by atoms with Crippen molar-refractivity contribution in [1.29, 1.82) is 0 Å². The molecular weight excluding hydrogens is 174 g/mol. The minimum absolute atomic E-state index is 1.09. The highest BCUT2D eigenvalue weighted by Gasteiger charge is 2.04. The summed E-state index contributed by atoms with van der Waals surface area (Å²) in [5, 5.41) is 0. The molecule has 1 rings (SSSR count). The zero-order valence-electron chi connectivity index (χ0n) is 4.02. The Morgan fingerprint density at radius 1 is 2.00 bits per heavy atom. The van der Waals surface area contributed by atoms with Crippen LogP contribution in [0.2, 0.25) is 0 Å². The van der Waals surface area contributed by atoms with Crippen LogP contribution in [0.15, 0.2) is 10.7 Å². The average molecular weight is 180 g/mol. The van der Waals surface area contributed by atoms with Crippen LogP contribution in [0.25, 0.3) is 0 Å². The second kappa shape index (κ2) is 2.09. The van der Waals surface area contributed by atoms with Gasteiger partial charge in [-0.3, -0.25) is 0 Å². The van der Waals surface area contributed by atoms with Crippen molar-refractivity contribution in [3.63, 3.8) is 0 Å². The Balaban J connectivity index is 2.50. The number of nitrogens with zero attached hydrogens (tertiary/aromatic N) is 1. The largest absolute Gasteiger partial charge is 0.325 e. The summed E-state index contributed by atoms with van der Waals surface area (Å²) < 4.78 is 3.37. The minimum Gasteiger partial charge on any atom is -0.325 e. The van der Waals surface area contributed by atoms with Crippen molar-refractivity contribution in [1.82, 2.24) is 4.31 Å². The molecule has 1 heterocycles. The van der Waals surface area contributed by atoms with Gasteiger partial charge in [0.15, 0.2) is 0 Å². The fourth-order valence-electron chi connectivity index (χ4n) is 0.435. The third-order valence-electron chi connectivity index (χ3n) is 0.728. The highest BCUT2D eigenvalue weighted by molar-refractivity contribution is 9.11. The highest BCUT2D eigenvalue weighted by Crippen LogP contribution is 2.24. The monoisotopic (exact) mass is 179 g/mol. The zero-order chi connectivity index (χ0) is 5.28. The van der Waals surface area contributed by atoms with Crippen molar-refractivity contribution >= 4 is 27.9 Å². The Morgan fingerprint density at radius 3 is 2.86 bits per heavy atom. The molecule has 0 radical (unpaired) electrons. The third kappa shape index (κ3) is 1.39. The summed E-state index contributed by atoms with van der Waals surface area (Å²) in [5.74, 6) is 1.09. The fraction of sp³-hybridized carbons (Fsp3) is 0.500. The number of hydrogen-bond acceptors (Lipinski definition) is 2. The summed E-state index contributed by atoms with van der Waals surface area (Å²) in [4.78, 5) is 0. The lowest BCUT2D eigenvalue weighted by molar-refractivity contribution is 0.788. The molecule has 0 amide bonds. The summed E-state index contributed by atoms with van der Waals surface area (Å²) in [5.41, 5.74) is 0. The smallest absolute Gasteiger partial charge is 0.0466 e. The lowest BCUT2D eigenvalue weighted by atomic mass is 10.7. The van der Waals surface area contributed by atoms with Gasteiger partial charge in [0.1, 0.15) is 0 Å². The van der Waals surface area contributed by atoms with Gasteiger partial charge in [-0.05, 0) is 11.9 Å². The third-order valence-corrected chi connectivity index (χ3v) is 2.54. The zero-order valence-corrected chi connectivity index (χ0v) is 6.42. The second-order valence-electron chi connectivity index (χ2n) is 1.40. The molecule has 0 aromatic rings. The Labute approximate surface area is 56.0 Å². The first-order chi connectivity index (χ1) is 3.29. The van der Waals surface area contributed by atoms with Crippen LogP contribution in [0.3, 0.4) is 0 Å². The maximum Gasteiger partial charge on any atom is 0.0466 e. The van der Waals surface area contributed by atoms with E-state index >= 15 is 0 Å². The molecule has 0 unspecified atom stereocenters. The Bertz CT molecular complexity index is 102. The number of halogens is 1. The lowest BCUT2D eigenvalue weighted by Gasteiger charge is -2.00. The molecule has 1 aliphatic rings. The summed E-state index contributed by atoms with van der Waals surface area (Å²) in [6, 6.07) is 0. The van der Waals surface area contributed by atoms with Crippen LogP contribution in [-0.2, 0) is 0 Å². The van der Waals surface area contributed by atoms with E-state index in [0.29, 0.717) is 0 Å². The number of rotatable bonds is 0. The van der Waals surface area contributed by atoms with Crippen LogP contribution in [0, 0.1) is 0 Å². The van der Waals surface area contributed by atoms with Gasteiger partial charge in [-0.25, -0.2) is 0 Å². The highest BCUT2D eigenvalue weighted by atomic mass is 79.9. The van der Waals surface area contributed by atoms with E-state index in [-0.39, 0.29) is 0 Å². The van der Waals surface area contributed by atoms with E-state index in [0.717, 1.165) is 5.75 Å². The van der Waals surface area contributed by atoms with Crippen molar-refractivity contribution in [2.45, 2.75) is 0 Å². The van der Waals surface area contributed by atoms with Crippen LogP contribution < -0.4 is 0 Å². The van der Waals surface area contributed by atoms with Crippen LogP contribution >= 0.6 is 27.9 Å². The summed E-state index contributed by atoms with van der Waals surface area (Å²) in [6.07, 6.45) is 2.07. The van der Waals surface area contributed by atoms with Crippen LogP contribution in [-0.4, -0.2) is 17.1 Å². The molecule has 0 bridgehead atoms. The van der Waals surface area contributed by atoms with E-state index in [9.17, 15) is 0 Å². The molecule has 40 valence electrons. The molecular formula is C4H6BrNS. The van der Waals surface area contributed by atoms with Gasteiger partial charge in [-0.2, -0.15) is 0 Å². The van der Waals surface area contributed by atoms with E-state index in [4.69, 9.17) is 0 Å². The van der Waals surface area contributed by atoms with Gasteiger partial charge in [-0.1, -0.05) is 15.9 Å². The van der Waals surface area contributed by atoms with Crippen molar-refractivity contribution < 1.29 is 0 Å². The molecule has 3 heteroatoms. The quantitative estimate of drug-likeness (QED) is 0.523. The molecule has 0 N–H and O–H groups in total. The maximum atomic E-state index is 3.38. The Hall–Kier alpha value is 0.370. The molecule has 0 fully saturated rings. The maximum absolute atomic E-state index is 3.38. The molecule has 1 aliphatic heterocycles. The van der Waals surface area contributed by atoms with Gasteiger partial charge in [0.25, 0.3) is 0 Å². The predicted octanol–water partition coefficient (Wildman–Crippen LogP) is 1.82. The number of hydrogen-bond donors (Lipinski definition) is 0. The first-order valence-electron chi connectivity index (χ1n) is 2.01. The molecule has 0 aromatic heterocycles. The first-order valence-corrected chi connectivity index (χ1v) is 3.74. The summed E-state index contributed by atoms with van der Waals surface area (Å²) >= 11 is 5.18. The first kappa shape index (κ1) is 5.51. The molecule has 1 nitrogen and oxygen atoms in total. The molecule has 0 saturated carbocycles. The van der Waals surface area contributed by atoms with Crippen molar-refractivity contribution in [2.24, 2.45) is 0 Å². The van der Waals surface area contributed by atoms with Crippen molar-refractivity contribution in [2.75, 3.05) is 12.8 Å². The van der Waals surface area contributed by atoms with Gasteiger partial charge in [0.05, 0.1) is 0 Å². The van der Waals surface area contributed by atoms with Gasteiger partial charge in [0, 0.05) is 23.5 Å². The SMILES string of the molecule is CN1C=C(Br)CS1. The molecule has 0 aromatic carbocycles. The standard InChI is InChI=1S/C4H6BrNS/c1-6-2-4(5)3-7-6/h2H,3H2,1H3. The summed E-state index contributed by atoms with van der Waals surface area (Å²) in [7, 11) is 2.04. The Kier molecular flexibility index (Phi) is 1.65. The van der Waals surface area contributed by atoms with Crippen LogP contribution in [0.4, 0.5) is 0 Å². The molecule has 0 aliphatic carbocycles. The average Bonchev–Trinajstić information content (AvgIpc) is 1.87. The van der Waals surface area contributed by atoms with E-state index in [1.165, 1.54) is 4.48 Å². The topological polar surface area (TPSA) is 3.24 Å². The minimum atomic E-state index is 1.09. The normalized spacial score (nSPS) is 20.3. The Morgan fingerprint density at radius 2 is 2.71 bits per heavy atom. The van der Waals surface area contributed by atoms with Gasteiger partial charge in [0.2, 0.25) is 0 Å². The predicted molar refractivity (Wildman–Crippen MR) is 37.2 cm³/mol. The van der Waals surface area contributed by atoms with E-state index < -0.39 is 0 Å². The van der Waals surface area contributed by atoms with Gasteiger partial charge in [-0.15, -0.1) is 0 Å². The molecule has 0 atom stereocenters. The second-order valence-corrected chi connectivity index (χ2v) is 3.54. The van der Waals surface area contributed by atoms with E-state index in [1.807, 2.05) is 7.05 Å². The van der Waals surface area contributed by atoms with Gasteiger partial charge < -0.3 is 4.31 Å². The summed E-state index contributed by atoms with van der Waals surface area (Å²) in [6.45, 7) is 0. The van der Waals surface area contributed by atoms with E-state index in [2.05, 4.69) is 26.4 Å². The van der Waals surface area contributed by atoms with E-state index in [1.54, 1.807) is 11.9 Å². The van der Waals surface area contributed by atoms with Crippen molar-refractivity contribution in [3.05, 3.63) is 10.7 Å². The molecule has 0 saturated heterocycles. The van der Waals surface area contributed by atoms with Crippen molar-refractivity contribution in [3.8, 4) is 0 Å². The van der Waals surface area contributed by atoms with Gasteiger partial charge >= 0.3 is 0 Å². The molecule has 7 heavy (non-hydrogen) atoms. The van der Waals surface area contributed by atoms with Crippen LogP contribution in [0.1, 0.15) is 0 Å². The fourth-order valence-corrected chi connectivity index (χ4v) is 1.79. The lowest BCUT2D eigenvalue weighted by Crippen LogP contribution is -1.90. The van der Waals surface area contributed by atoms with Crippen LogP contribution in [0.5, 0.6) is 0 Å².